The highest BCUT2D eigenvalue weighted by Gasteiger charge is 2.23. The number of nitrogens with zero attached hydrogens (tertiary/aromatic N) is 1. The smallest absolute Gasteiger partial charge is 0.210 e. The van der Waals surface area contributed by atoms with E-state index in [-0.39, 0.29) is 10.1 Å². The van der Waals surface area contributed by atoms with Gasteiger partial charge < -0.3 is 0 Å². The molecule has 0 aliphatic carbocycles. The first-order valence-electron chi connectivity index (χ1n) is 6.08. The molecule has 0 N–H and O–H groups in total. The molecule has 1 heterocycles. The molecule has 0 spiro atoms. The Morgan fingerprint density at radius 1 is 1.05 bits per heavy atom. The van der Waals surface area contributed by atoms with E-state index in [9.17, 15) is 8.42 Å². The number of halogens is 3. The highest BCUT2D eigenvalue weighted by molar-refractivity contribution is 7.92. The molecule has 3 aromatic rings. The van der Waals surface area contributed by atoms with Crippen LogP contribution >= 0.6 is 46.1 Å². The monoisotopic (exact) mass is 391 g/mol. The Morgan fingerprint density at radius 2 is 1.73 bits per heavy atom. The standard InChI is InChI=1S/C14H8Cl3NO2S2/c15-8-4-5-13-12(6-8)18-14(21-13)22(19,20)7-9-10(16)2-1-3-11(9)17/h1-6H,7H2. The molecule has 3 rings (SSSR count). The van der Waals surface area contributed by atoms with Gasteiger partial charge in [0, 0.05) is 20.6 Å². The Hall–Kier alpha value is -0.850. The van der Waals surface area contributed by atoms with Gasteiger partial charge in [0.2, 0.25) is 14.2 Å². The van der Waals surface area contributed by atoms with Crippen LogP contribution in [0.25, 0.3) is 10.2 Å². The van der Waals surface area contributed by atoms with Crippen molar-refractivity contribution in [1.82, 2.24) is 4.98 Å². The largest absolute Gasteiger partial charge is 0.225 e. The molecule has 0 aliphatic rings. The summed E-state index contributed by atoms with van der Waals surface area (Å²) in [4.78, 5) is 4.16. The number of thiazole rings is 1. The molecule has 2 aromatic carbocycles. The molecule has 0 amide bonds. The number of benzene rings is 2. The fourth-order valence-corrected chi connectivity index (χ4v) is 5.47. The number of rotatable bonds is 3. The van der Waals surface area contributed by atoms with E-state index in [1.807, 2.05) is 0 Å². The van der Waals surface area contributed by atoms with E-state index in [2.05, 4.69) is 4.98 Å². The normalized spacial score (nSPS) is 12.0. The number of aromatic nitrogens is 1. The van der Waals surface area contributed by atoms with Crippen LogP contribution in [0.5, 0.6) is 0 Å². The van der Waals surface area contributed by atoms with E-state index in [1.54, 1.807) is 36.4 Å². The minimum absolute atomic E-state index is 0.0285. The maximum Gasteiger partial charge on any atom is 0.210 e. The molecule has 0 atom stereocenters. The van der Waals surface area contributed by atoms with Gasteiger partial charge in [-0.2, -0.15) is 0 Å². The molecular formula is C14H8Cl3NO2S2. The Morgan fingerprint density at radius 3 is 2.41 bits per heavy atom. The van der Waals surface area contributed by atoms with Crippen molar-refractivity contribution in [3.63, 3.8) is 0 Å². The molecule has 0 radical (unpaired) electrons. The van der Waals surface area contributed by atoms with Crippen molar-refractivity contribution in [2.24, 2.45) is 0 Å². The van der Waals surface area contributed by atoms with Crippen molar-refractivity contribution in [1.29, 1.82) is 0 Å². The predicted molar refractivity (Wildman–Crippen MR) is 92.0 cm³/mol. The number of fused-ring (bicyclic) bond motifs is 1. The first-order valence-corrected chi connectivity index (χ1v) is 9.69. The van der Waals surface area contributed by atoms with Gasteiger partial charge in [-0.3, -0.25) is 0 Å². The number of sulfone groups is 1. The average Bonchev–Trinajstić information content (AvgIpc) is 2.87. The maximum atomic E-state index is 12.6. The first-order chi connectivity index (χ1) is 10.4. The number of hydrogen-bond donors (Lipinski definition) is 0. The van der Waals surface area contributed by atoms with Crippen molar-refractivity contribution in [3.8, 4) is 0 Å². The third-order valence-electron chi connectivity index (χ3n) is 2.99. The predicted octanol–water partition coefficient (Wildman–Crippen LogP) is 5.23. The van der Waals surface area contributed by atoms with E-state index < -0.39 is 9.84 Å². The Labute approximate surface area is 146 Å². The maximum absolute atomic E-state index is 12.6. The molecule has 0 aliphatic heterocycles. The fraction of sp³-hybridized carbons (Fsp3) is 0.0714. The molecule has 114 valence electrons. The van der Waals surface area contributed by atoms with Gasteiger partial charge in [0.1, 0.15) is 0 Å². The summed E-state index contributed by atoms with van der Waals surface area (Å²) in [5, 5.41) is 1.15. The molecule has 22 heavy (non-hydrogen) atoms. The second kappa shape index (κ2) is 5.98. The van der Waals surface area contributed by atoms with Crippen LogP contribution in [0, 0.1) is 0 Å². The summed E-state index contributed by atoms with van der Waals surface area (Å²) >= 11 is 19.1. The van der Waals surface area contributed by atoms with Crippen molar-refractivity contribution < 1.29 is 8.42 Å². The van der Waals surface area contributed by atoms with Gasteiger partial charge in [-0.25, -0.2) is 13.4 Å². The molecule has 0 bridgehead atoms. The van der Waals surface area contributed by atoms with Crippen molar-refractivity contribution in [3.05, 3.63) is 57.0 Å². The van der Waals surface area contributed by atoms with Gasteiger partial charge in [0.15, 0.2) is 0 Å². The fourth-order valence-electron chi connectivity index (χ4n) is 1.93. The van der Waals surface area contributed by atoms with E-state index in [0.717, 1.165) is 16.0 Å². The second-order valence-corrected chi connectivity index (χ2v) is 9.00. The topological polar surface area (TPSA) is 47.0 Å². The van der Waals surface area contributed by atoms with Gasteiger partial charge in [-0.05, 0) is 30.3 Å². The summed E-state index contributed by atoms with van der Waals surface area (Å²) in [5.74, 6) is -0.293. The Balaban J connectivity index is 2.05. The highest BCUT2D eigenvalue weighted by Crippen LogP contribution is 2.32. The Kier molecular flexibility index (Phi) is 4.36. The van der Waals surface area contributed by atoms with Crippen molar-refractivity contribution in [2.45, 2.75) is 10.1 Å². The van der Waals surface area contributed by atoms with Gasteiger partial charge in [-0.15, -0.1) is 11.3 Å². The zero-order chi connectivity index (χ0) is 15.9. The molecule has 0 saturated carbocycles. The van der Waals surface area contributed by atoms with Gasteiger partial charge in [0.05, 0.1) is 16.0 Å². The lowest BCUT2D eigenvalue weighted by molar-refractivity contribution is 0.594. The van der Waals surface area contributed by atoms with Crippen molar-refractivity contribution >= 4 is 66.2 Å². The van der Waals surface area contributed by atoms with Gasteiger partial charge in [-0.1, -0.05) is 40.9 Å². The third kappa shape index (κ3) is 3.09. The lowest BCUT2D eigenvalue weighted by atomic mass is 10.2. The summed E-state index contributed by atoms with van der Waals surface area (Å²) in [6, 6.07) is 9.96. The summed E-state index contributed by atoms with van der Waals surface area (Å²) in [5.41, 5.74) is 0.935. The zero-order valence-corrected chi connectivity index (χ0v) is 14.8. The minimum atomic E-state index is -3.64. The molecule has 1 aromatic heterocycles. The quantitative estimate of drug-likeness (QED) is 0.613. The van der Waals surface area contributed by atoms with Crippen LogP contribution in [-0.2, 0) is 15.6 Å². The van der Waals surface area contributed by atoms with Crippen LogP contribution in [0.15, 0.2) is 40.7 Å². The van der Waals surface area contributed by atoms with Gasteiger partial charge in [0.25, 0.3) is 0 Å². The molecule has 0 saturated heterocycles. The molecule has 8 heteroatoms. The van der Waals surface area contributed by atoms with Crippen LogP contribution in [0.4, 0.5) is 0 Å². The third-order valence-corrected chi connectivity index (χ3v) is 7.07. The van der Waals surface area contributed by atoms with E-state index in [1.165, 1.54) is 0 Å². The van der Waals surface area contributed by atoms with Crippen LogP contribution in [0.3, 0.4) is 0 Å². The highest BCUT2D eigenvalue weighted by atomic mass is 35.5. The molecule has 0 fully saturated rings. The zero-order valence-electron chi connectivity index (χ0n) is 10.9. The summed E-state index contributed by atoms with van der Waals surface area (Å²) < 4.78 is 25.9. The van der Waals surface area contributed by atoms with E-state index in [0.29, 0.717) is 26.1 Å². The molecule has 3 nitrogen and oxygen atoms in total. The minimum Gasteiger partial charge on any atom is -0.225 e. The molecule has 0 unspecified atom stereocenters. The van der Waals surface area contributed by atoms with Crippen molar-refractivity contribution in [2.75, 3.05) is 0 Å². The van der Waals surface area contributed by atoms with Crippen LogP contribution in [0.1, 0.15) is 5.56 Å². The van der Waals surface area contributed by atoms with Gasteiger partial charge >= 0.3 is 0 Å². The van der Waals surface area contributed by atoms with Crippen LogP contribution < -0.4 is 0 Å². The first kappa shape index (κ1) is 16.0. The summed E-state index contributed by atoms with van der Waals surface area (Å²) in [6.07, 6.45) is 0. The Bertz CT molecular complexity index is 947. The second-order valence-electron chi connectivity index (χ2n) is 4.55. The summed E-state index contributed by atoms with van der Waals surface area (Å²) in [6.45, 7) is 0. The number of hydrogen-bond acceptors (Lipinski definition) is 4. The van der Waals surface area contributed by atoms with E-state index >= 15 is 0 Å². The van der Waals surface area contributed by atoms with E-state index in [4.69, 9.17) is 34.8 Å². The SMILES string of the molecule is O=S(=O)(Cc1c(Cl)cccc1Cl)c1nc2cc(Cl)ccc2s1. The lowest BCUT2D eigenvalue weighted by Gasteiger charge is -2.06. The van der Waals surface area contributed by atoms with Crippen LogP contribution in [0.2, 0.25) is 15.1 Å². The molecular weight excluding hydrogens is 385 g/mol. The lowest BCUT2D eigenvalue weighted by Crippen LogP contribution is -2.05. The van der Waals surface area contributed by atoms with Crippen LogP contribution in [-0.4, -0.2) is 13.4 Å². The average molecular weight is 393 g/mol. The summed E-state index contributed by atoms with van der Waals surface area (Å²) in [7, 11) is -3.64.